The fourth-order valence-corrected chi connectivity index (χ4v) is 2.71. The summed E-state index contributed by atoms with van der Waals surface area (Å²) in [6.07, 6.45) is -0.846. The first-order valence-corrected chi connectivity index (χ1v) is 8.22. The zero-order valence-electron chi connectivity index (χ0n) is 13.1. The van der Waals surface area contributed by atoms with Gasteiger partial charge in [0.25, 0.3) is 5.91 Å². The molecule has 0 radical (unpaired) electrons. The Kier molecular flexibility index (Phi) is 6.23. The van der Waals surface area contributed by atoms with Crippen LogP contribution in [0.5, 0.6) is 0 Å². The average molecular weight is 329 g/mol. The Morgan fingerprint density at radius 3 is 2.13 bits per heavy atom. The number of esters is 1. The molecule has 2 aromatic rings. The number of rotatable bonds is 6. The SMILES string of the molecule is CC(OC(=O)C(C)Sc1ccccc1)C(=O)Nc1ccccc1. The first-order valence-electron chi connectivity index (χ1n) is 7.34. The second-order valence-corrected chi connectivity index (χ2v) is 6.42. The van der Waals surface area contributed by atoms with Crippen LogP contribution >= 0.6 is 11.8 Å². The van der Waals surface area contributed by atoms with Gasteiger partial charge < -0.3 is 10.1 Å². The van der Waals surface area contributed by atoms with Crippen molar-refractivity contribution < 1.29 is 14.3 Å². The summed E-state index contributed by atoms with van der Waals surface area (Å²) in [5.41, 5.74) is 0.673. The molecule has 0 aliphatic rings. The molecule has 0 bridgehead atoms. The van der Waals surface area contributed by atoms with Crippen LogP contribution in [0.3, 0.4) is 0 Å². The van der Waals surface area contributed by atoms with Crippen molar-refractivity contribution >= 4 is 29.3 Å². The number of hydrogen-bond donors (Lipinski definition) is 1. The highest BCUT2D eigenvalue weighted by Gasteiger charge is 2.22. The highest BCUT2D eigenvalue weighted by molar-refractivity contribution is 8.00. The summed E-state index contributed by atoms with van der Waals surface area (Å²) in [4.78, 5) is 25.1. The number of amides is 1. The second-order valence-electron chi connectivity index (χ2n) is 5.01. The van der Waals surface area contributed by atoms with Gasteiger partial charge in [-0.05, 0) is 38.1 Å². The number of thioether (sulfide) groups is 1. The van der Waals surface area contributed by atoms with Crippen LogP contribution in [0.25, 0.3) is 0 Å². The number of para-hydroxylation sites is 1. The van der Waals surface area contributed by atoms with E-state index in [-0.39, 0.29) is 11.2 Å². The van der Waals surface area contributed by atoms with E-state index in [9.17, 15) is 9.59 Å². The Bertz CT molecular complexity index is 646. The Hall–Kier alpha value is -2.27. The lowest BCUT2D eigenvalue weighted by Crippen LogP contribution is -2.32. The van der Waals surface area contributed by atoms with Crippen molar-refractivity contribution in [2.24, 2.45) is 0 Å². The highest BCUT2D eigenvalue weighted by atomic mass is 32.2. The lowest BCUT2D eigenvalue weighted by molar-refractivity contribution is -0.152. The molecule has 0 saturated carbocycles. The van der Waals surface area contributed by atoms with Gasteiger partial charge in [0.05, 0.1) is 0 Å². The third kappa shape index (κ3) is 5.45. The molecule has 0 aliphatic carbocycles. The minimum atomic E-state index is -0.846. The summed E-state index contributed by atoms with van der Waals surface area (Å²) >= 11 is 1.40. The standard InChI is InChI=1S/C18H19NO3S/c1-13(17(20)19-15-9-5-3-6-10-15)22-18(21)14(2)23-16-11-7-4-8-12-16/h3-14H,1-2H3,(H,19,20). The van der Waals surface area contributed by atoms with Crippen molar-refractivity contribution in [3.05, 3.63) is 60.7 Å². The van der Waals surface area contributed by atoms with Gasteiger partial charge in [0, 0.05) is 10.6 Å². The van der Waals surface area contributed by atoms with Crippen LogP contribution in [0, 0.1) is 0 Å². The van der Waals surface area contributed by atoms with Crippen molar-refractivity contribution in [2.75, 3.05) is 5.32 Å². The molecule has 120 valence electrons. The average Bonchev–Trinajstić information content (AvgIpc) is 2.56. The van der Waals surface area contributed by atoms with Gasteiger partial charge in [-0.1, -0.05) is 36.4 Å². The Balaban J connectivity index is 1.85. The van der Waals surface area contributed by atoms with Gasteiger partial charge in [-0.25, -0.2) is 0 Å². The summed E-state index contributed by atoms with van der Waals surface area (Å²) < 4.78 is 5.25. The van der Waals surface area contributed by atoms with E-state index in [1.54, 1.807) is 26.0 Å². The van der Waals surface area contributed by atoms with Gasteiger partial charge in [-0.2, -0.15) is 0 Å². The number of carbonyl (C=O) groups is 2. The Morgan fingerprint density at radius 2 is 1.52 bits per heavy atom. The molecule has 0 aliphatic heterocycles. The Labute approximate surface area is 140 Å². The quantitative estimate of drug-likeness (QED) is 0.648. The maximum Gasteiger partial charge on any atom is 0.319 e. The van der Waals surface area contributed by atoms with Crippen molar-refractivity contribution in [1.82, 2.24) is 0 Å². The lowest BCUT2D eigenvalue weighted by Gasteiger charge is -2.16. The largest absolute Gasteiger partial charge is 0.452 e. The third-order valence-corrected chi connectivity index (χ3v) is 4.18. The number of hydrogen-bond acceptors (Lipinski definition) is 4. The molecule has 23 heavy (non-hydrogen) atoms. The topological polar surface area (TPSA) is 55.4 Å². The zero-order valence-corrected chi connectivity index (χ0v) is 13.9. The molecule has 0 fully saturated rings. The fraction of sp³-hybridized carbons (Fsp3) is 0.222. The summed E-state index contributed by atoms with van der Waals surface area (Å²) in [5, 5.41) is 2.33. The second kappa shape index (κ2) is 8.39. The van der Waals surface area contributed by atoms with E-state index in [1.165, 1.54) is 11.8 Å². The molecule has 2 rings (SSSR count). The normalized spacial score (nSPS) is 13.0. The van der Waals surface area contributed by atoms with E-state index in [1.807, 2.05) is 48.5 Å². The van der Waals surface area contributed by atoms with Gasteiger partial charge in [0.1, 0.15) is 5.25 Å². The molecule has 0 spiro atoms. The van der Waals surface area contributed by atoms with E-state index >= 15 is 0 Å². The smallest absolute Gasteiger partial charge is 0.319 e. The number of nitrogens with one attached hydrogen (secondary N) is 1. The van der Waals surface area contributed by atoms with Crippen molar-refractivity contribution in [3.8, 4) is 0 Å². The maximum atomic E-state index is 12.1. The van der Waals surface area contributed by atoms with E-state index in [2.05, 4.69) is 5.32 Å². The summed E-state index contributed by atoms with van der Waals surface area (Å²) in [6.45, 7) is 3.33. The number of anilines is 1. The molecule has 1 amide bonds. The molecule has 0 saturated heterocycles. The van der Waals surface area contributed by atoms with Crippen LogP contribution in [0.2, 0.25) is 0 Å². The predicted octanol–water partition coefficient (Wildman–Crippen LogP) is 3.74. The van der Waals surface area contributed by atoms with E-state index < -0.39 is 12.1 Å². The summed E-state index contributed by atoms with van der Waals surface area (Å²) in [5.74, 6) is -0.754. The monoisotopic (exact) mass is 329 g/mol. The van der Waals surface area contributed by atoms with Gasteiger partial charge in [0.15, 0.2) is 6.10 Å². The van der Waals surface area contributed by atoms with Crippen molar-refractivity contribution in [1.29, 1.82) is 0 Å². The van der Waals surface area contributed by atoms with Crippen LogP contribution < -0.4 is 5.32 Å². The van der Waals surface area contributed by atoms with Gasteiger partial charge >= 0.3 is 5.97 Å². The molecule has 5 heteroatoms. The van der Waals surface area contributed by atoms with Gasteiger partial charge in [-0.3, -0.25) is 9.59 Å². The molecule has 2 aromatic carbocycles. The van der Waals surface area contributed by atoms with Gasteiger partial charge in [0.2, 0.25) is 0 Å². The molecular weight excluding hydrogens is 310 g/mol. The maximum absolute atomic E-state index is 12.1. The number of carbonyl (C=O) groups excluding carboxylic acids is 2. The summed E-state index contributed by atoms with van der Waals surface area (Å²) in [7, 11) is 0. The molecule has 2 atom stereocenters. The first kappa shape index (κ1) is 17.1. The Morgan fingerprint density at radius 1 is 0.957 bits per heavy atom. The van der Waals surface area contributed by atoms with Gasteiger partial charge in [-0.15, -0.1) is 11.8 Å². The number of benzene rings is 2. The molecule has 0 aromatic heterocycles. The van der Waals surface area contributed by atoms with E-state index in [4.69, 9.17) is 4.74 Å². The molecule has 2 unspecified atom stereocenters. The van der Waals surface area contributed by atoms with Crippen molar-refractivity contribution in [3.63, 3.8) is 0 Å². The van der Waals surface area contributed by atoms with E-state index in [0.29, 0.717) is 5.69 Å². The molecule has 0 heterocycles. The third-order valence-electron chi connectivity index (χ3n) is 3.09. The highest BCUT2D eigenvalue weighted by Crippen LogP contribution is 2.23. The lowest BCUT2D eigenvalue weighted by atomic mass is 10.3. The van der Waals surface area contributed by atoms with Crippen LogP contribution in [0.4, 0.5) is 5.69 Å². The zero-order chi connectivity index (χ0) is 16.7. The first-order chi connectivity index (χ1) is 11.1. The minimum absolute atomic E-state index is 0.346. The molecular formula is C18H19NO3S. The number of ether oxygens (including phenoxy) is 1. The minimum Gasteiger partial charge on any atom is -0.452 e. The van der Waals surface area contributed by atoms with Crippen molar-refractivity contribution in [2.45, 2.75) is 30.1 Å². The van der Waals surface area contributed by atoms with Crippen LogP contribution in [-0.2, 0) is 14.3 Å². The van der Waals surface area contributed by atoms with Crippen LogP contribution in [0.1, 0.15) is 13.8 Å². The van der Waals surface area contributed by atoms with Crippen LogP contribution in [-0.4, -0.2) is 23.2 Å². The predicted molar refractivity (Wildman–Crippen MR) is 92.4 cm³/mol. The van der Waals surface area contributed by atoms with Crippen LogP contribution in [0.15, 0.2) is 65.6 Å². The summed E-state index contributed by atoms with van der Waals surface area (Å²) in [6, 6.07) is 18.7. The fourth-order valence-electron chi connectivity index (χ4n) is 1.84. The van der Waals surface area contributed by atoms with E-state index in [0.717, 1.165) is 4.90 Å². The molecule has 1 N–H and O–H groups in total. The molecule has 4 nitrogen and oxygen atoms in total.